The van der Waals surface area contributed by atoms with Gasteiger partial charge in [0.2, 0.25) is 0 Å². The molecular formula is C15H12Cl2N2S. The van der Waals surface area contributed by atoms with Crippen LogP contribution in [0.25, 0.3) is 10.1 Å². The molecule has 0 fully saturated rings. The van der Waals surface area contributed by atoms with E-state index in [1.807, 2.05) is 24.3 Å². The minimum Gasteiger partial charge on any atom is -0.271 e. The van der Waals surface area contributed by atoms with Gasteiger partial charge in [0, 0.05) is 9.58 Å². The van der Waals surface area contributed by atoms with Gasteiger partial charge in [0.1, 0.15) is 0 Å². The zero-order chi connectivity index (χ0) is 14.1. The fourth-order valence-corrected chi connectivity index (χ4v) is 3.77. The highest BCUT2D eigenvalue weighted by atomic mass is 35.5. The lowest BCUT2D eigenvalue weighted by atomic mass is 10.1. The molecule has 0 bridgehead atoms. The third-order valence-electron chi connectivity index (χ3n) is 3.19. The minimum absolute atomic E-state index is 0.168. The average Bonchev–Trinajstić information content (AvgIpc) is 2.87. The Morgan fingerprint density at radius 3 is 2.60 bits per heavy atom. The molecule has 1 heterocycles. The van der Waals surface area contributed by atoms with Crippen LogP contribution in [0.2, 0.25) is 10.0 Å². The highest BCUT2D eigenvalue weighted by Crippen LogP contribution is 2.37. The number of benzene rings is 2. The van der Waals surface area contributed by atoms with E-state index in [0.29, 0.717) is 10.0 Å². The predicted octanol–water partition coefficient (Wildman–Crippen LogP) is 4.76. The van der Waals surface area contributed by atoms with E-state index in [1.165, 1.54) is 10.1 Å². The summed E-state index contributed by atoms with van der Waals surface area (Å²) in [6.07, 6.45) is 0. The monoisotopic (exact) mass is 322 g/mol. The summed E-state index contributed by atoms with van der Waals surface area (Å²) in [5, 5.41) is 2.27. The second-order valence-electron chi connectivity index (χ2n) is 4.43. The molecule has 0 aliphatic heterocycles. The minimum atomic E-state index is -0.168. The zero-order valence-electron chi connectivity index (χ0n) is 10.4. The van der Waals surface area contributed by atoms with Crippen LogP contribution in [0.15, 0.2) is 48.5 Å². The van der Waals surface area contributed by atoms with Crippen molar-refractivity contribution >= 4 is 44.6 Å². The molecule has 0 amide bonds. The SMILES string of the molecule is NNC(c1cc2ccccc2s1)c1cccc(Cl)c1Cl. The molecule has 3 N–H and O–H groups in total. The summed E-state index contributed by atoms with van der Waals surface area (Å²) in [5.74, 6) is 5.73. The Kier molecular flexibility index (Phi) is 3.96. The van der Waals surface area contributed by atoms with E-state index in [2.05, 4.69) is 23.6 Å². The normalized spacial score (nSPS) is 12.8. The molecule has 20 heavy (non-hydrogen) atoms. The molecule has 0 saturated carbocycles. The molecule has 0 aliphatic carbocycles. The van der Waals surface area contributed by atoms with Crippen molar-refractivity contribution in [2.45, 2.75) is 6.04 Å². The van der Waals surface area contributed by atoms with Crippen LogP contribution in [-0.2, 0) is 0 Å². The van der Waals surface area contributed by atoms with Gasteiger partial charge in [-0.2, -0.15) is 0 Å². The van der Waals surface area contributed by atoms with Crippen LogP contribution in [-0.4, -0.2) is 0 Å². The summed E-state index contributed by atoms with van der Waals surface area (Å²) in [5.41, 5.74) is 3.71. The number of nitrogens with two attached hydrogens (primary N) is 1. The number of fused-ring (bicyclic) bond motifs is 1. The summed E-state index contributed by atoms with van der Waals surface area (Å²) < 4.78 is 1.22. The second-order valence-corrected chi connectivity index (χ2v) is 6.33. The molecule has 2 nitrogen and oxygen atoms in total. The number of nitrogens with one attached hydrogen (secondary N) is 1. The lowest BCUT2D eigenvalue weighted by Gasteiger charge is -2.16. The van der Waals surface area contributed by atoms with Crippen molar-refractivity contribution in [1.29, 1.82) is 0 Å². The summed E-state index contributed by atoms with van der Waals surface area (Å²) in [6, 6.07) is 15.8. The molecule has 0 spiro atoms. The van der Waals surface area contributed by atoms with Crippen LogP contribution < -0.4 is 11.3 Å². The molecule has 5 heteroatoms. The smallest absolute Gasteiger partial charge is 0.0817 e. The molecule has 3 aromatic rings. The number of rotatable bonds is 3. The first kappa shape index (κ1) is 13.9. The number of hydrazine groups is 1. The Morgan fingerprint density at radius 1 is 1.05 bits per heavy atom. The molecule has 1 aromatic heterocycles. The van der Waals surface area contributed by atoms with Crippen molar-refractivity contribution in [2.75, 3.05) is 0 Å². The first-order valence-electron chi connectivity index (χ1n) is 6.09. The standard InChI is InChI=1S/C15H12Cl2N2S/c16-11-6-3-5-10(14(11)17)15(19-18)13-8-9-4-1-2-7-12(9)20-13/h1-8,15,19H,18H2. The van der Waals surface area contributed by atoms with Gasteiger partial charge in [-0.15, -0.1) is 11.3 Å². The summed E-state index contributed by atoms with van der Waals surface area (Å²) in [6.45, 7) is 0. The number of hydrogen-bond acceptors (Lipinski definition) is 3. The van der Waals surface area contributed by atoms with Gasteiger partial charge in [0.15, 0.2) is 0 Å². The maximum Gasteiger partial charge on any atom is 0.0817 e. The molecule has 0 radical (unpaired) electrons. The van der Waals surface area contributed by atoms with Gasteiger partial charge in [-0.3, -0.25) is 5.84 Å². The van der Waals surface area contributed by atoms with Crippen LogP contribution in [0, 0.1) is 0 Å². The van der Waals surface area contributed by atoms with E-state index in [-0.39, 0.29) is 6.04 Å². The first-order valence-corrected chi connectivity index (χ1v) is 7.66. The third-order valence-corrected chi connectivity index (χ3v) is 5.20. The van der Waals surface area contributed by atoms with E-state index in [1.54, 1.807) is 17.4 Å². The van der Waals surface area contributed by atoms with Crippen molar-refractivity contribution in [3.8, 4) is 0 Å². The molecular weight excluding hydrogens is 311 g/mol. The van der Waals surface area contributed by atoms with Crippen molar-refractivity contribution in [3.05, 3.63) is 69.0 Å². The van der Waals surface area contributed by atoms with Gasteiger partial charge in [0.05, 0.1) is 16.1 Å². The fraction of sp³-hybridized carbons (Fsp3) is 0.0667. The van der Waals surface area contributed by atoms with Crippen molar-refractivity contribution < 1.29 is 0 Å². The van der Waals surface area contributed by atoms with Crippen LogP contribution in [0.4, 0.5) is 0 Å². The Balaban J connectivity index is 2.11. The molecule has 2 aromatic carbocycles. The summed E-state index contributed by atoms with van der Waals surface area (Å²) in [7, 11) is 0. The van der Waals surface area contributed by atoms with Crippen molar-refractivity contribution in [1.82, 2.24) is 5.43 Å². The van der Waals surface area contributed by atoms with Gasteiger partial charge < -0.3 is 0 Å². The average molecular weight is 323 g/mol. The van der Waals surface area contributed by atoms with E-state index in [9.17, 15) is 0 Å². The van der Waals surface area contributed by atoms with Gasteiger partial charge in [-0.05, 0) is 29.1 Å². The van der Waals surface area contributed by atoms with Crippen molar-refractivity contribution in [3.63, 3.8) is 0 Å². The van der Waals surface area contributed by atoms with Crippen LogP contribution in [0.3, 0.4) is 0 Å². The lowest BCUT2D eigenvalue weighted by molar-refractivity contribution is 0.647. The predicted molar refractivity (Wildman–Crippen MR) is 87.5 cm³/mol. The lowest BCUT2D eigenvalue weighted by Crippen LogP contribution is -2.28. The van der Waals surface area contributed by atoms with Crippen molar-refractivity contribution in [2.24, 2.45) is 5.84 Å². The number of thiophene rings is 1. The molecule has 3 rings (SSSR count). The topological polar surface area (TPSA) is 38.0 Å². The first-order chi connectivity index (χ1) is 9.70. The Bertz CT molecular complexity index is 721. The summed E-state index contributed by atoms with van der Waals surface area (Å²) in [4.78, 5) is 1.11. The van der Waals surface area contributed by atoms with E-state index in [0.717, 1.165) is 10.4 Å². The van der Waals surface area contributed by atoms with Gasteiger partial charge in [-0.25, -0.2) is 5.43 Å². The zero-order valence-corrected chi connectivity index (χ0v) is 12.8. The second kappa shape index (κ2) is 5.72. The third kappa shape index (κ3) is 2.43. The van der Waals surface area contributed by atoms with Crippen LogP contribution in [0.5, 0.6) is 0 Å². The number of halogens is 2. The quantitative estimate of drug-likeness (QED) is 0.539. The highest BCUT2D eigenvalue weighted by molar-refractivity contribution is 7.19. The van der Waals surface area contributed by atoms with E-state index < -0.39 is 0 Å². The van der Waals surface area contributed by atoms with E-state index in [4.69, 9.17) is 29.0 Å². The Hall–Kier alpha value is -1.10. The maximum atomic E-state index is 6.29. The molecule has 0 aliphatic rings. The molecule has 1 atom stereocenters. The molecule has 0 saturated heterocycles. The van der Waals surface area contributed by atoms with Crippen LogP contribution in [0.1, 0.15) is 16.5 Å². The van der Waals surface area contributed by atoms with Gasteiger partial charge in [-0.1, -0.05) is 53.5 Å². The highest BCUT2D eigenvalue weighted by Gasteiger charge is 2.19. The molecule has 102 valence electrons. The van der Waals surface area contributed by atoms with Gasteiger partial charge in [0.25, 0.3) is 0 Å². The fourth-order valence-electron chi connectivity index (χ4n) is 2.21. The Labute approximate surface area is 131 Å². The molecule has 1 unspecified atom stereocenters. The Morgan fingerprint density at radius 2 is 1.85 bits per heavy atom. The van der Waals surface area contributed by atoms with Crippen LogP contribution >= 0.6 is 34.5 Å². The van der Waals surface area contributed by atoms with E-state index >= 15 is 0 Å². The maximum absolute atomic E-state index is 6.29. The summed E-state index contributed by atoms with van der Waals surface area (Å²) >= 11 is 14.1. The number of hydrogen-bond donors (Lipinski definition) is 2. The van der Waals surface area contributed by atoms with Gasteiger partial charge >= 0.3 is 0 Å². The largest absolute Gasteiger partial charge is 0.271 e.